The molecule has 20 heavy (non-hydrogen) atoms. The van der Waals surface area contributed by atoms with Gasteiger partial charge in [-0.05, 0) is 26.0 Å². The lowest BCUT2D eigenvalue weighted by molar-refractivity contribution is -0.123. The number of benzene rings is 1. The van der Waals surface area contributed by atoms with Crippen LogP contribution in [0.1, 0.15) is 22.8 Å². The summed E-state index contributed by atoms with van der Waals surface area (Å²) >= 11 is 0. The molecule has 7 heteroatoms. The van der Waals surface area contributed by atoms with Crippen LogP contribution in [-0.4, -0.2) is 36.2 Å². The number of aryl methyl sites for hydroxylation is 1. The smallest absolute Gasteiger partial charge is 0.342 e. The van der Waals surface area contributed by atoms with Gasteiger partial charge in [-0.25, -0.2) is 9.59 Å². The minimum atomic E-state index is -0.836. The highest BCUT2D eigenvalue weighted by atomic mass is 16.5. The molecule has 0 fully saturated rings. The van der Waals surface area contributed by atoms with Crippen molar-refractivity contribution in [3.8, 4) is 5.75 Å². The zero-order valence-electron chi connectivity index (χ0n) is 11.2. The third-order valence-electron chi connectivity index (χ3n) is 2.30. The third-order valence-corrected chi connectivity index (χ3v) is 2.30. The Labute approximate surface area is 115 Å². The first-order valence-electron chi connectivity index (χ1n) is 5.98. The second-order valence-electron chi connectivity index (χ2n) is 4.00. The quantitative estimate of drug-likeness (QED) is 0.704. The van der Waals surface area contributed by atoms with Crippen LogP contribution in [0.25, 0.3) is 0 Å². The van der Waals surface area contributed by atoms with Crippen molar-refractivity contribution in [3.63, 3.8) is 0 Å². The van der Waals surface area contributed by atoms with Gasteiger partial charge in [0.05, 0.1) is 0 Å². The standard InChI is InChI=1S/C13H16N2O5/c1-3-14-13(19)15-11(17)7-20-12(18)9-6-8(2)4-5-10(9)16/h4-6,16H,3,7H2,1-2H3,(H2,14,15,17,19). The van der Waals surface area contributed by atoms with Crippen LogP contribution in [0.5, 0.6) is 5.75 Å². The Hall–Kier alpha value is -2.57. The highest BCUT2D eigenvalue weighted by Crippen LogP contribution is 2.18. The number of nitrogens with one attached hydrogen (secondary N) is 2. The molecule has 0 radical (unpaired) electrons. The Bertz CT molecular complexity index is 527. The molecule has 0 unspecified atom stereocenters. The monoisotopic (exact) mass is 280 g/mol. The molecule has 0 heterocycles. The Morgan fingerprint density at radius 2 is 2.00 bits per heavy atom. The molecule has 0 aliphatic rings. The molecular formula is C13H16N2O5. The van der Waals surface area contributed by atoms with E-state index >= 15 is 0 Å². The topological polar surface area (TPSA) is 105 Å². The summed E-state index contributed by atoms with van der Waals surface area (Å²) in [5.74, 6) is -1.82. The molecule has 0 atom stereocenters. The Balaban J connectivity index is 2.53. The van der Waals surface area contributed by atoms with Gasteiger partial charge in [0.15, 0.2) is 6.61 Å². The average molecular weight is 280 g/mol. The number of carbonyl (C=O) groups is 3. The van der Waals surface area contributed by atoms with Gasteiger partial charge in [-0.15, -0.1) is 0 Å². The Morgan fingerprint density at radius 3 is 2.65 bits per heavy atom. The van der Waals surface area contributed by atoms with Crippen molar-refractivity contribution in [1.29, 1.82) is 0 Å². The van der Waals surface area contributed by atoms with Crippen LogP contribution in [0.3, 0.4) is 0 Å². The van der Waals surface area contributed by atoms with E-state index in [0.29, 0.717) is 6.54 Å². The molecule has 3 amide bonds. The predicted octanol–water partition coefficient (Wildman–Crippen LogP) is 0.703. The molecule has 1 aromatic carbocycles. The summed E-state index contributed by atoms with van der Waals surface area (Å²) in [5, 5.41) is 13.9. The minimum Gasteiger partial charge on any atom is -0.507 e. The van der Waals surface area contributed by atoms with E-state index in [1.165, 1.54) is 12.1 Å². The van der Waals surface area contributed by atoms with E-state index in [4.69, 9.17) is 4.74 Å². The number of esters is 1. The van der Waals surface area contributed by atoms with Crippen molar-refractivity contribution < 1.29 is 24.2 Å². The van der Waals surface area contributed by atoms with Gasteiger partial charge in [-0.2, -0.15) is 0 Å². The summed E-state index contributed by atoms with van der Waals surface area (Å²) in [5.41, 5.74) is 0.734. The number of urea groups is 1. The molecule has 7 nitrogen and oxygen atoms in total. The molecule has 108 valence electrons. The number of amides is 3. The average Bonchev–Trinajstić information content (AvgIpc) is 2.39. The van der Waals surface area contributed by atoms with E-state index in [-0.39, 0.29) is 11.3 Å². The van der Waals surface area contributed by atoms with Crippen LogP contribution in [-0.2, 0) is 9.53 Å². The van der Waals surface area contributed by atoms with Crippen LogP contribution in [0.2, 0.25) is 0 Å². The SMILES string of the molecule is CCNC(=O)NC(=O)COC(=O)c1cc(C)ccc1O. The maximum atomic E-state index is 11.7. The summed E-state index contributed by atoms with van der Waals surface area (Å²) in [6, 6.07) is 3.78. The Kier molecular flexibility index (Phi) is 5.52. The number of ether oxygens (including phenoxy) is 1. The molecule has 1 aromatic rings. The number of imide groups is 1. The first-order valence-corrected chi connectivity index (χ1v) is 5.98. The fourth-order valence-corrected chi connectivity index (χ4v) is 1.39. The first-order chi connectivity index (χ1) is 9.43. The summed E-state index contributed by atoms with van der Waals surface area (Å²) < 4.78 is 4.71. The van der Waals surface area contributed by atoms with E-state index < -0.39 is 24.5 Å². The maximum Gasteiger partial charge on any atom is 0.342 e. The van der Waals surface area contributed by atoms with Crippen molar-refractivity contribution in [2.24, 2.45) is 0 Å². The molecule has 0 spiro atoms. The number of carbonyl (C=O) groups excluding carboxylic acids is 3. The van der Waals surface area contributed by atoms with Crippen molar-refractivity contribution >= 4 is 17.9 Å². The normalized spacial score (nSPS) is 9.70. The molecule has 0 aliphatic heterocycles. The molecule has 0 aliphatic carbocycles. The number of aromatic hydroxyl groups is 1. The fraction of sp³-hybridized carbons (Fsp3) is 0.308. The predicted molar refractivity (Wildman–Crippen MR) is 70.3 cm³/mol. The third kappa shape index (κ3) is 4.60. The summed E-state index contributed by atoms with van der Waals surface area (Å²) in [6.07, 6.45) is 0. The fourth-order valence-electron chi connectivity index (χ4n) is 1.39. The second kappa shape index (κ2) is 7.13. The van der Waals surface area contributed by atoms with Gasteiger partial charge in [0, 0.05) is 6.54 Å². The zero-order valence-corrected chi connectivity index (χ0v) is 11.2. The van der Waals surface area contributed by atoms with Crippen molar-refractivity contribution in [1.82, 2.24) is 10.6 Å². The lowest BCUT2D eigenvalue weighted by Gasteiger charge is -2.07. The molecule has 0 saturated carbocycles. The lowest BCUT2D eigenvalue weighted by Crippen LogP contribution is -2.41. The number of phenolic OH excluding ortho intramolecular Hbond substituents is 1. The summed E-state index contributed by atoms with van der Waals surface area (Å²) in [4.78, 5) is 34.0. The van der Waals surface area contributed by atoms with E-state index in [0.717, 1.165) is 5.56 Å². The molecule has 0 saturated heterocycles. The van der Waals surface area contributed by atoms with E-state index in [1.807, 2.05) is 5.32 Å². The van der Waals surface area contributed by atoms with Gasteiger partial charge < -0.3 is 15.2 Å². The van der Waals surface area contributed by atoms with Gasteiger partial charge in [-0.3, -0.25) is 10.1 Å². The largest absolute Gasteiger partial charge is 0.507 e. The van der Waals surface area contributed by atoms with Crippen molar-refractivity contribution in [3.05, 3.63) is 29.3 Å². The second-order valence-corrected chi connectivity index (χ2v) is 4.00. The van der Waals surface area contributed by atoms with Crippen LogP contribution >= 0.6 is 0 Å². The van der Waals surface area contributed by atoms with Gasteiger partial charge in [0.25, 0.3) is 5.91 Å². The number of hydrogen-bond acceptors (Lipinski definition) is 5. The van der Waals surface area contributed by atoms with Crippen LogP contribution in [0, 0.1) is 6.92 Å². The van der Waals surface area contributed by atoms with Crippen molar-refractivity contribution in [2.45, 2.75) is 13.8 Å². The van der Waals surface area contributed by atoms with Crippen molar-refractivity contribution in [2.75, 3.05) is 13.2 Å². The van der Waals surface area contributed by atoms with Crippen LogP contribution < -0.4 is 10.6 Å². The molecule has 0 bridgehead atoms. The van der Waals surface area contributed by atoms with E-state index in [2.05, 4.69) is 5.32 Å². The summed E-state index contributed by atoms with van der Waals surface area (Å²) in [7, 11) is 0. The lowest BCUT2D eigenvalue weighted by atomic mass is 10.1. The van der Waals surface area contributed by atoms with Gasteiger partial charge in [0.1, 0.15) is 11.3 Å². The highest BCUT2D eigenvalue weighted by Gasteiger charge is 2.15. The van der Waals surface area contributed by atoms with Gasteiger partial charge >= 0.3 is 12.0 Å². The number of rotatable bonds is 4. The number of phenols is 1. The Morgan fingerprint density at radius 1 is 1.30 bits per heavy atom. The number of hydrogen-bond donors (Lipinski definition) is 3. The van der Waals surface area contributed by atoms with Gasteiger partial charge in [0.2, 0.25) is 0 Å². The molecule has 3 N–H and O–H groups in total. The molecule has 0 aromatic heterocycles. The van der Waals surface area contributed by atoms with Crippen LogP contribution in [0.15, 0.2) is 18.2 Å². The van der Waals surface area contributed by atoms with Crippen LogP contribution in [0.4, 0.5) is 4.79 Å². The minimum absolute atomic E-state index is 0.0317. The van der Waals surface area contributed by atoms with E-state index in [1.54, 1.807) is 19.9 Å². The highest BCUT2D eigenvalue weighted by molar-refractivity contribution is 5.97. The van der Waals surface area contributed by atoms with E-state index in [9.17, 15) is 19.5 Å². The molecule has 1 rings (SSSR count). The van der Waals surface area contributed by atoms with Gasteiger partial charge in [-0.1, -0.05) is 11.6 Å². The maximum absolute atomic E-state index is 11.7. The summed E-state index contributed by atoms with van der Waals surface area (Å²) in [6.45, 7) is 3.21. The first kappa shape index (κ1) is 15.5. The molecular weight excluding hydrogens is 264 g/mol. The zero-order chi connectivity index (χ0) is 15.1.